The molecule has 37 heavy (non-hydrogen) atoms. The molecular formula is C30H33N3O3S. The van der Waals surface area contributed by atoms with E-state index in [9.17, 15) is 13.2 Å². The van der Waals surface area contributed by atoms with E-state index in [2.05, 4.69) is 36.5 Å². The minimum atomic E-state index is -3.97. The number of hydrogen-bond acceptors (Lipinski definition) is 5. The van der Waals surface area contributed by atoms with Crippen LogP contribution in [0.15, 0.2) is 89.8 Å². The number of carbonyl (C=O) groups excluding carboxylic acids is 1. The van der Waals surface area contributed by atoms with Gasteiger partial charge in [0.15, 0.2) is 5.78 Å². The summed E-state index contributed by atoms with van der Waals surface area (Å²) in [7, 11) is -3.97. The summed E-state index contributed by atoms with van der Waals surface area (Å²) in [4.78, 5) is 13.8. The van der Waals surface area contributed by atoms with E-state index in [4.69, 9.17) is 5.73 Å². The molecule has 5 rings (SSSR count). The second kappa shape index (κ2) is 10.5. The highest BCUT2D eigenvalue weighted by atomic mass is 32.2. The van der Waals surface area contributed by atoms with E-state index in [1.165, 1.54) is 9.54 Å². The summed E-state index contributed by atoms with van der Waals surface area (Å²) in [5, 5.41) is 4.16. The summed E-state index contributed by atoms with van der Waals surface area (Å²) in [5.74, 6) is 0.975. The van der Waals surface area contributed by atoms with Gasteiger partial charge in [0.25, 0.3) is 10.0 Å². The third-order valence-electron chi connectivity index (χ3n) is 7.74. The average Bonchev–Trinajstić information content (AvgIpc) is 3.32. The van der Waals surface area contributed by atoms with Crippen LogP contribution < -0.4 is 11.1 Å². The zero-order chi connectivity index (χ0) is 26.0. The summed E-state index contributed by atoms with van der Waals surface area (Å²) < 4.78 is 28.6. The molecule has 7 heteroatoms. The predicted molar refractivity (Wildman–Crippen MR) is 148 cm³/mol. The van der Waals surface area contributed by atoms with Gasteiger partial charge in [-0.1, -0.05) is 55.5 Å². The van der Waals surface area contributed by atoms with Crippen LogP contribution in [0, 0.1) is 11.8 Å². The van der Waals surface area contributed by atoms with E-state index in [-0.39, 0.29) is 16.4 Å². The van der Waals surface area contributed by atoms with Crippen molar-refractivity contribution in [2.24, 2.45) is 11.8 Å². The van der Waals surface area contributed by atoms with Crippen molar-refractivity contribution in [3.8, 4) is 0 Å². The number of nitrogen functional groups attached to an aromatic ring is 1. The molecule has 1 aliphatic heterocycles. The van der Waals surface area contributed by atoms with Crippen molar-refractivity contribution < 1.29 is 13.2 Å². The van der Waals surface area contributed by atoms with Gasteiger partial charge in [0.1, 0.15) is 5.69 Å². The molecule has 3 aromatic carbocycles. The van der Waals surface area contributed by atoms with Gasteiger partial charge >= 0.3 is 0 Å². The second-order valence-corrected chi connectivity index (χ2v) is 11.8. The van der Waals surface area contributed by atoms with Crippen molar-refractivity contribution >= 4 is 32.4 Å². The Kier molecular flexibility index (Phi) is 7.17. The fraction of sp³-hybridized carbons (Fsp3) is 0.300. The molecule has 0 radical (unpaired) electrons. The molecule has 1 aromatic heterocycles. The lowest BCUT2D eigenvalue weighted by Gasteiger charge is -2.36. The Hall–Kier alpha value is -3.42. The number of hydrogen-bond donors (Lipinski definition) is 2. The van der Waals surface area contributed by atoms with Crippen LogP contribution in [0.25, 0.3) is 10.9 Å². The number of nitrogens with zero attached hydrogens (tertiary/aromatic N) is 1. The van der Waals surface area contributed by atoms with Crippen molar-refractivity contribution in [1.29, 1.82) is 0 Å². The monoisotopic (exact) mass is 515 g/mol. The molecule has 3 N–H and O–H groups in total. The average molecular weight is 516 g/mol. The summed E-state index contributed by atoms with van der Waals surface area (Å²) in [6.45, 7) is 4.10. The normalized spacial score (nSPS) is 19.1. The van der Waals surface area contributed by atoms with Gasteiger partial charge in [0, 0.05) is 17.5 Å². The molecule has 4 aromatic rings. The maximum atomic E-state index is 13.7. The van der Waals surface area contributed by atoms with E-state index in [1.807, 2.05) is 6.07 Å². The number of fused-ring (bicyclic) bond motifs is 1. The molecule has 0 aliphatic carbocycles. The quantitative estimate of drug-likeness (QED) is 0.240. The molecule has 6 nitrogen and oxygen atoms in total. The number of nitrogens with one attached hydrogen (secondary N) is 1. The summed E-state index contributed by atoms with van der Waals surface area (Å²) in [5.41, 5.74) is 8.45. The molecule has 192 valence electrons. The lowest BCUT2D eigenvalue weighted by molar-refractivity contribution is 0.0953. The van der Waals surface area contributed by atoms with E-state index < -0.39 is 10.0 Å². The SMILES string of the molecule is CC(c1ccccc1)C1CNCCC1CCC(=O)c1cc2cc(N)ccc2n1S(=O)(=O)c1ccccc1. The molecule has 3 unspecified atom stereocenters. The number of Topliss-reactive ketones (excluding diaryl/α,β-unsaturated/α-hetero) is 1. The molecule has 1 fully saturated rings. The Morgan fingerprint density at radius 3 is 2.46 bits per heavy atom. The number of ketones is 1. The summed E-state index contributed by atoms with van der Waals surface area (Å²) in [6, 6.07) is 25.5. The van der Waals surface area contributed by atoms with Gasteiger partial charge in [-0.15, -0.1) is 0 Å². The molecule has 0 saturated carbocycles. The van der Waals surface area contributed by atoms with Crippen molar-refractivity contribution in [3.05, 3.63) is 96.2 Å². The second-order valence-electron chi connectivity index (χ2n) is 10.0. The molecule has 1 aliphatic rings. The molecule has 1 saturated heterocycles. The third-order valence-corrected chi connectivity index (χ3v) is 9.48. The molecule has 2 heterocycles. The van der Waals surface area contributed by atoms with Gasteiger partial charge in [-0.3, -0.25) is 4.79 Å². The molecule has 0 amide bonds. The first-order valence-electron chi connectivity index (χ1n) is 12.9. The largest absolute Gasteiger partial charge is 0.399 e. The minimum Gasteiger partial charge on any atom is -0.399 e. The highest BCUT2D eigenvalue weighted by Gasteiger charge is 2.32. The van der Waals surface area contributed by atoms with Crippen molar-refractivity contribution in [2.45, 2.75) is 37.0 Å². The molecular weight excluding hydrogens is 482 g/mol. The van der Waals surface area contributed by atoms with Gasteiger partial charge in [-0.05, 0) is 85.6 Å². The van der Waals surface area contributed by atoms with Crippen LogP contribution in [0.4, 0.5) is 5.69 Å². The van der Waals surface area contributed by atoms with Crippen LogP contribution >= 0.6 is 0 Å². The van der Waals surface area contributed by atoms with Gasteiger partial charge in [-0.2, -0.15) is 0 Å². The van der Waals surface area contributed by atoms with Gasteiger partial charge in [-0.25, -0.2) is 12.4 Å². The van der Waals surface area contributed by atoms with E-state index >= 15 is 0 Å². The summed E-state index contributed by atoms with van der Waals surface area (Å²) in [6.07, 6.45) is 2.01. The smallest absolute Gasteiger partial charge is 0.268 e. The lowest BCUT2D eigenvalue weighted by Crippen LogP contribution is -2.39. The number of benzene rings is 3. The number of rotatable bonds is 8. The van der Waals surface area contributed by atoms with Crippen molar-refractivity contribution in [3.63, 3.8) is 0 Å². The first-order valence-corrected chi connectivity index (χ1v) is 14.3. The van der Waals surface area contributed by atoms with Crippen LogP contribution in [0.1, 0.15) is 48.2 Å². The van der Waals surface area contributed by atoms with E-state index in [0.29, 0.717) is 40.8 Å². The molecule has 3 atom stereocenters. The zero-order valence-corrected chi connectivity index (χ0v) is 21.8. The Balaban J connectivity index is 1.44. The topological polar surface area (TPSA) is 94.2 Å². The van der Waals surface area contributed by atoms with Crippen molar-refractivity contribution in [2.75, 3.05) is 18.8 Å². The van der Waals surface area contributed by atoms with E-state index in [1.54, 1.807) is 54.6 Å². The Morgan fingerprint density at radius 1 is 1.03 bits per heavy atom. The fourth-order valence-electron chi connectivity index (χ4n) is 5.69. The van der Waals surface area contributed by atoms with Crippen LogP contribution in [0.5, 0.6) is 0 Å². The number of anilines is 1. The standard InChI is InChI=1S/C30H33N3O3S/c1-21(22-8-4-2-5-9-22)27-20-32-17-16-23(27)12-15-30(34)29-19-24-18-25(31)13-14-28(24)33(29)37(35,36)26-10-6-3-7-11-26/h2-11,13-14,18-19,21,23,27,32H,12,15-17,20,31H2,1H3. The predicted octanol–water partition coefficient (Wildman–Crippen LogP) is 5.45. The van der Waals surface area contributed by atoms with Crippen molar-refractivity contribution in [1.82, 2.24) is 9.29 Å². The summed E-state index contributed by atoms with van der Waals surface area (Å²) >= 11 is 0. The Morgan fingerprint density at radius 2 is 1.73 bits per heavy atom. The van der Waals surface area contributed by atoms with Gasteiger partial charge < -0.3 is 11.1 Å². The fourth-order valence-corrected chi connectivity index (χ4v) is 7.24. The van der Waals surface area contributed by atoms with E-state index in [0.717, 1.165) is 25.9 Å². The minimum absolute atomic E-state index is 0.147. The Bertz CT molecular complexity index is 1500. The highest BCUT2D eigenvalue weighted by molar-refractivity contribution is 7.90. The number of carbonyl (C=O) groups is 1. The molecule has 0 bridgehead atoms. The number of piperidine rings is 1. The first kappa shape index (κ1) is 25.2. The lowest BCUT2D eigenvalue weighted by atomic mass is 9.73. The third kappa shape index (κ3) is 5.06. The van der Waals surface area contributed by atoms with Gasteiger partial charge in [0.2, 0.25) is 0 Å². The zero-order valence-electron chi connectivity index (χ0n) is 21.0. The molecule has 0 spiro atoms. The van der Waals surface area contributed by atoms with Crippen LogP contribution in [0.2, 0.25) is 0 Å². The maximum absolute atomic E-state index is 13.7. The van der Waals surface area contributed by atoms with Crippen LogP contribution in [-0.2, 0) is 10.0 Å². The van der Waals surface area contributed by atoms with Crippen LogP contribution in [-0.4, -0.2) is 31.3 Å². The number of nitrogens with two attached hydrogens (primary N) is 1. The van der Waals surface area contributed by atoms with Crippen LogP contribution in [0.3, 0.4) is 0 Å². The highest BCUT2D eigenvalue weighted by Crippen LogP contribution is 2.36. The van der Waals surface area contributed by atoms with Gasteiger partial charge in [0.05, 0.1) is 10.4 Å². The number of aromatic nitrogens is 1. The first-order chi connectivity index (χ1) is 17.9. The maximum Gasteiger partial charge on any atom is 0.268 e. The Labute approximate surface area is 218 Å².